The number of halogens is 3. The third-order valence-corrected chi connectivity index (χ3v) is 2.80. The number of carboxylic acids is 1. The Morgan fingerprint density at radius 2 is 1.84 bits per heavy atom. The van der Waals surface area contributed by atoms with Crippen LogP contribution in [0.2, 0.25) is 0 Å². The van der Waals surface area contributed by atoms with Crippen LogP contribution in [0.4, 0.5) is 18.0 Å². The summed E-state index contributed by atoms with van der Waals surface area (Å²) in [7, 11) is 0. The standard InChI is InChI=1S/C10H17F3N2O3S/c1-9(2,4-3-7(16)17)15-8(18)14-5-6-19-10(11,12)13/h3-6H2,1-2H3,(H,16,17)(H2,14,15,18). The number of amides is 2. The number of alkyl halides is 3. The third-order valence-electron chi connectivity index (χ3n) is 2.07. The summed E-state index contributed by atoms with van der Waals surface area (Å²) in [5.74, 6) is -1.25. The van der Waals surface area contributed by atoms with Gasteiger partial charge in [0.25, 0.3) is 0 Å². The molecule has 0 heterocycles. The molecule has 0 bridgehead atoms. The molecule has 9 heteroatoms. The SMILES string of the molecule is CC(C)(CCC(=O)O)NC(=O)NCCSC(F)(F)F. The first kappa shape index (κ1) is 17.9. The van der Waals surface area contributed by atoms with Crippen molar-refractivity contribution in [1.82, 2.24) is 10.6 Å². The van der Waals surface area contributed by atoms with Gasteiger partial charge in [0.15, 0.2) is 0 Å². The molecule has 0 saturated carbocycles. The van der Waals surface area contributed by atoms with Gasteiger partial charge in [0.1, 0.15) is 0 Å². The lowest BCUT2D eigenvalue weighted by atomic mass is 9.99. The van der Waals surface area contributed by atoms with Crippen molar-refractivity contribution >= 4 is 23.8 Å². The van der Waals surface area contributed by atoms with Gasteiger partial charge in [-0.15, -0.1) is 0 Å². The molecule has 5 nitrogen and oxygen atoms in total. The minimum Gasteiger partial charge on any atom is -0.481 e. The number of hydrogen-bond acceptors (Lipinski definition) is 3. The first-order valence-electron chi connectivity index (χ1n) is 5.50. The Balaban J connectivity index is 3.87. The highest BCUT2D eigenvalue weighted by Crippen LogP contribution is 2.29. The number of nitrogens with one attached hydrogen (secondary N) is 2. The van der Waals surface area contributed by atoms with Crippen molar-refractivity contribution in [1.29, 1.82) is 0 Å². The van der Waals surface area contributed by atoms with E-state index >= 15 is 0 Å². The van der Waals surface area contributed by atoms with E-state index in [2.05, 4.69) is 10.6 Å². The van der Waals surface area contributed by atoms with Crippen LogP contribution in [0.15, 0.2) is 0 Å². The summed E-state index contributed by atoms with van der Waals surface area (Å²) in [6, 6.07) is -0.613. The fourth-order valence-electron chi connectivity index (χ4n) is 1.16. The summed E-state index contributed by atoms with van der Waals surface area (Å²) < 4.78 is 35.4. The smallest absolute Gasteiger partial charge is 0.441 e. The quantitative estimate of drug-likeness (QED) is 0.630. The fraction of sp³-hybridized carbons (Fsp3) is 0.800. The summed E-state index contributed by atoms with van der Waals surface area (Å²) in [4.78, 5) is 21.8. The zero-order valence-corrected chi connectivity index (χ0v) is 11.5. The number of urea groups is 1. The average Bonchev–Trinajstić information content (AvgIpc) is 2.20. The summed E-state index contributed by atoms with van der Waals surface area (Å²) in [6.07, 6.45) is 0.129. The molecule has 0 spiro atoms. The lowest BCUT2D eigenvalue weighted by molar-refractivity contribution is -0.137. The van der Waals surface area contributed by atoms with Gasteiger partial charge in [0, 0.05) is 24.3 Å². The van der Waals surface area contributed by atoms with E-state index in [1.807, 2.05) is 0 Å². The molecule has 0 aromatic heterocycles. The highest BCUT2D eigenvalue weighted by Gasteiger charge is 2.27. The summed E-state index contributed by atoms with van der Waals surface area (Å²) in [5, 5.41) is 13.3. The van der Waals surface area contributed by atoms with E-state index < -0.39 is 23.0 Å². The number of rotatable bonds is 7. The Labute approximate surface area is 113 Å². The largest absolute Gasteiger partial charge is 0.481 e. The molecule has 0 fully saturated rings. The summed E-state index contributed by atoms with van der Waals surface area (Å²) >= 11 is -0.213. The van der Waals surface area contributed by atoms with Crippen LogP contribution in [0.25, 0.3) is 0 Å². The van der Waals surface area contributed by atoms with Crippen molar-refractivity contribution < 1.29 is 27.9 Å². The van der Waals surface area contributed by atoms with Crippen molar-refractivity contribution in [2.24, 2.45) is 0 Å². The van der Waals surface area contributed by atoms with Crippen molar-refractivity contribution in [3.05, 3.63) is 0 Å². The van der Waals surface area contributed by atoms with Crippen LogP contribution in [-0.2, 0) is 4.79 Å². The molecule has 0 aliphatic heterocycles. The second kappa shape index (κ2) is 7.46. The molecule has 0 radical (unpaired) electrons. The lowest BCUT2D eigenvalue weighted by Crippen LogP contribution is -2.49. The Bertz CT molecular complexity index is 322. The maximum absolute atomic E-state index is 11.8. The van der Waals surface area contributed by atoms with E-state index in [-0.39, 0.29) is 36.9 Å². The zero-order valence-electron chi connectivity index (χ0n) is 10.6. The topological polar surface area (TPSA) is 78.4 Å². The van der Waals surface area contributed by atoms with Crippen LogP contribution < -0.4 is 10.6 Å². The molecular weight excluding hydrogens is 285 g/mol. The van der Waals surface area contributed by atoms with Gasteiger partial charge < -0.3 is 15.7 Å². The molecule has 0 unspecified atom stereocenters. The van der Waals surface area contributed by atoms with Crippen molar-refractivity contribution in [2.45, 2.75) is 37.7 Å². The van der Waals surface area contributed by atoms with Crippen LogP contribution >= 0.6 is 11.8 Å². The van der Waals surface area contributed by atoms with Crippen LogP contribution in [0.1, 0.15) is 26.7 Å². The maximum atomic E-state index is 11.8. The van der Waals surface area contributed by atoms with E-state index in [0.29, 0.717) is 0 Å². The first-order valence-corrected chi connectivity index (χ1v) is 6.49. The van der Waals surface area contributed by atoms with Crippen molar-refractivity contribution in [3.8, 4) is 0 Å². The lowest BCUT2D eigenvalue weighted by Gasteiger charge is -2.25. The van der Waals surface area contributed by atoms with Gasteiger partial charge in [0.2, 0.25) is 0 Å². The number of carboxylic acid groups (broad SMARTS) is 1. The molecule has 0 aliphatic rings. The van der Waals surface area contributed by atoms with E-state index in [1.165, 1.54) is 0 Å². The summed E-state index contributed by atoms with van der Waals surface area (Å²) in [6.45, 7) is 3.16. The number of carbonyl (C=O) groups excluding carboxylic acids is 1. The van der Waals surface area contributed by atoms with Crippen LogP contribution in [-0.4, -0.2) is 40.5 Å². The molecule has 0 aliphatic carbocycles. The van der Waals surface area contributed by atoms with Gasteiger partial charge in [0.05, 0.1) is 0 Å². The van der Waals surface area contributed by atoms with Crippen LogP contribution in [0, 0.1) is 0 Å². The molecule has 3 N–H and O–H groups in total. The molecule has 0 atom stereocenters. The molecule has 0 aromatic rings. The Morgan fingerprint density at radius 1 is 1.26 bits per heavy atom. The Hall–Kier alpha value is -1.12. The molecule has 2 amide bonds. The molecule has 0 rings (SSSR count). The van der Waals surface area contributed by atoms with E-state index in [9.17, 15) is 22.8 Å². The molecule has 19 heavy (non-hydrogen) atoms. The molecule has 0 saturated heterocycles. The second-order valence-corrected chi connectivity index (χ2v) is 5.61. The normalized spacial score (nSPS) is 12.1. The van der Waals surface area contributed by atoms with Crippen molar-refractivity contribution in [3.63, 3.8) is 0 Å². The highest BCUT2D eigenvalue weighted by molar-refractivity contribution is 8.00. The first-order chi connectivity index (χ1) is 8.52. The third kappa shape index (κ3) is 11.7. The van der Waals surface area contributed by atoms with Gasteiger partial charge in [-0.3, -0.25) is 4.79 Å². The van der Waals surface area contributed by atoms with Crippen LogP contribution in [0.3, 0.4) is 0 Å². The van der Waals surface area contributed by atoms with Gasteiger partial charge in [-0.1, -0.05) is 0 Å². The van der Waals surface area contributed by atoms with Gasteiger partial charge in [-0.05, 0) is 32.0 Å². The van der Waals surface area contributed by atoms with Crippen molar-refractivity contribution in [2.75, 3.05) is 12.3 Å². The minimum absolute atomic E-state index is 0.1000. The Kier molecular flexibility index (Phi) is 7.02. The number of hydrogen-bond donors (Lipinski definition) is 3. The highest BCUT2D eigenvalue weighted by atomic mass is 32.2. The van der Waals surface area contributed by atoms with Gasteiger partial charge in [-0.25, -0.2) is 4.79 Å². The zero-order chi connectivity index (χ0) is 15.1. The van der Waals surface area contributed by atoms with Gasteiger partial charge >= 0.3 is 17.5 Å². The van der Waals surface area contributed by atoms with E-state index in [1.54, 1.807) is 13.8 Å². The molecule has 112 valence electrons. The minimum atomic E-state index is -4.31. The Morgan fingerprint density at radius 3 is 2.32 bits per heavy atom. The second-order valence-electron chi connectivity index (χ2n) is 4.45. The molecule has 0 aromatic carbocycles. The number of aliphatic carboxylic acids is 1. The van der Waals surface area contributed by atoms with Crippen LogP contribution in [0.5, 0.6) is 0 Å². The van der Waals surface area contributed by atoms with E-state index in [4.69, 9.17) is 5.11 Å². The summed E-state index contributed by atoms with van der Waals surface area (Å²) in [5.41, 5.74) is -5.04. The van der Waals surface area contributed by atoms with Gasteiger partial charge in [-0.2, -0.15) is 13.2 Å². The predicted molar refractivity (Wildman–Crippen MR) is 66.0 cm³/mol. The monoisotopic (exact) mass is 302 g/mol. The fourth-order valence-corrected chi connectivity index (χ4v) is 1.60. The maximum Gasteiger partial charge on any atom is 0.441 e. The molecular formula is C10H17F3N2O3S. The number of carbonyl (C=O) groups is 2. The predicted octanol–water partition coefficient (Wildman–Crippen LogP) is 2.18. The van der Waals surface area contributed by atoms with E-state index in [0.717, 1.165) is 0 Å². The average molecular weight is 302 g/mol. The number of thioether (sulfide) groups is 1.